The van der Waals surface area contributed by atoms with E-state index < -0.39 is 38.4 Å². The van der Waals surface area contributed by atoms with Crippen molar-refractivity contribution in [3.05, 3.63) is 65.6 Å². The zero-order chi connectivity index (χ0) is 22.0. The monoisotopic (exact) mass is 470 g/mol. The van der Waals surface area contributed by atoms with Gasteiger partial charge in [-0.05, 0) is 30.7 Å². The molecule has 12 heteroatoms. The highest BCUT2D eigenvalue weighted by Gasteiger charge is 2.30. The van der Waals surface area contributed by atoms with Gasteiger partial charge in [-0.15, -0.1) is 5.10 Å². The molecule has 0 spiro atoms. The average Bonchev–Trinajstić information content (AvgIpc) is 3.24. The van der Waals surface area contributed by atoms with Crippen LogP contribution in [0.4, 0.5) is 18.2 Å². The van der Waals surface area contributed by atoms with Gasteiger partial charge < -0.3 is 10.1 Å². The predicted octanol–water partition coefficient (Wildman–Crippen LogP) is 3.28. The third-order valence-electron chi connectivity index (χ3n) is 4.88. The molecule has 0 aliphatic carbocycles. The number of hydrogen-bond donors (Lipinski definition) is 2. The zero-order valence-corrected chi connectivity index (χ0v) is 17.5. The Bertz CT molecular complexity index is 1160. The van der Waals surface area contributed by atoms with E-state index >= 15 is 0 Å². The van der Waals surface area contributed by atoms with E-state index in [1.54, 1.807) is 12.1 Å². The highest BCUT2D eigenvalue weighted by Crippen LogP contribution is 2.32. The second-order valence-electron chi connectivity index (χ2n) is 6.91. The third kappa shape index (κ3) is 4.81. The minimum Gasteiger partial charge on any atom is -0.485 e. The second kappa shape index (κ2) is 8.81. The lowest BCUT2D eigenvalue weighted by Crippen LogP contribution is -2.43. The number of piperidine rings is 1. The summed E-state index contributed by atoms with van der Waals surface area (Å²) in [6.45, 7) is 1.05. The fourth-order valence-electron chi connectivity index (χ4n) is 3.41. The Balaban J connectivity index is 1.58. The molecule has 1 aromatic heterocycles. The highest BCUT2D eigenvalue weighted by atomic mass is 32.2. The van der Waals surface area contributed by atoms with Gasteiger partial charge in [0.15, 0.2) is 11.6 Å². The Labute approximate surface area is 180 Å². The molecule has 0 radical (unpaired) electrons. The topological polar surface area (TPSA) is 93.2 Å². The first-order valence-corrected chi connectivity index (χ1v) is 11.5. The molecule has 4 rings (SSSR count). The lowest BCUT2D eigenvalue weighted by Gasteiger charge is -2.33. The van der Waals surface area contributed by atoms with Crippen LogP contribution in [0.15, 0.2) is 47.5 Å². The number of sulfonamides is 1. The number of nitrogens with zero attached hydrogens (tertiary/aromatic N) is 2. The minimum absolute atomic E-state index is 0.0653. The number of aromatic nitrogens is 2. The highest BCUT2D eigenvalue weighted by molar-refractivity contribution is 7.93. The summed E-state index contributed by atoms with van der Waals surface area (Å²) in [4.78, 5) is -0.859. The molecular weight excluding hydrogens is 453 g/mol. The van der Waals surface area contributed by atoms with E-state index in [1.807, 2.05) is 0 Å². The molecule has 164 valence electrons. The standard InChI is InChI=1S/C19H17F3N4O3S2/c20-12-3-1-11(2-4-12)13-5-6-23-9-17(13)29-16-7-15(22)18(8-14(16)21)31(27,28)25-19-10-24-26-30-19/h1-4,7-8,10,13,17,23,25H,5-6,9H2. The number of benzene rings is 2. The first-order chi connectivity index (χ1) is 14.8. The number of halogens is 3. The van der Waals surface area contributed by atoms with Gasteiger partial charge in [0.05, 0.1) is 6.20 Å². The molecule has 1 aliphatic heterocycles. The number of rotatable bonds is 6. The molecule has 3 aromatic rings. The average molecular weight is 470 g/mol. The van der Waals surface area contributed by atoms with E-state index in [0.29, 0.717) is 31.6 Å². The van der Waals surface area contributed by atoms with Crippen molar-refractivity contribution in [2.45, 2.75) is 23.3 Å². The van der Waals surface area contributed by atoms with Crippen molar-refractivity contribution in [2.75, 3.05) is 17.8 Å². The van der Waals surface area contributed by atoms with Crippen molar-refractivity contribution in [2.24, 2.45) is 0 Å². The first-order valence-electron chi connectivity index (χ1n) is 9.25. The van der Waals surface area contributed by atoms with Crippen LogP contribution < -0.4 is 14.8 Å². The molecule has 31 heavy (non-hydrogen) atoms. The number of hydrogen-bond acceptors (Lipinski definition) is 7. The van der Waals surface area contributed by atoms with Gasteiger partial charge in [0, 0.05) is 36.1 Å². The Morgan fingerprint density at radius 2 is 1.90 bits per heavy atom. The van der Waals surface area contributed by atoms with Gasteiger partial charge in [-0.1, -0.05) is 16.6 Å². The second-order valence-corrected chi connectivity index (χ2v) is 9.34. The van der Waals surface area contributed by atoms with E-state index in [1.165, 1.54) is 12.1 Å². The van der Waals surface area contributed by atoms with Crippen molar-refractivity contribution in [3.8, 4) is 5.75 Å². The molecule has 2 atom stereocenters. The first kappa shape index (κ1) is 21.5. The zero-order valence-electron chi connectivity index (χ0n) is 15.9. The number of nitrogens with one attached hydrogen (secondary N) is 2. The summed E-state index contributed by atoms with van der Waals surface area (Å²) in [7, 11) is -4.38. The predicted molar refractivity (Wildman–Crippen MR) is 108 cm³/mol. The van der Waals surface area contributed by atoms with E-state index in [-0.39, 0.29) is 16.7 Å². The van der Waals surface area contributed by atoms with Gasteiger partial charge in [0.1, 0.15) is 27.6 Å². The molecule has 7 nitrogen and oxygen atoms in total. The SMILES string of the molecule is O=S(=O)(Nc1cnns1)c1cc(F)c(OC2CNCCC2c2ccc(F)cc2)cc1F. The van der Waals surface area contributed by atoms with Gasteiger partial charge in [-0.25, -0.2) is 21.6 Å². The van der Waals surface area contributed by atoms with Crippen LogP contribution in [-0.4, -0.2) is 37.2 Å². The van der Waals surface area contributed by atoms with Gasteiger partial charge in [-0.2, -0.15) is 0 Å². The fraction of sp³-hybridized carbons (Fsp3) is 0.263. The van der Waals surface area contributed by atoms with E-state index in [2.05, 4.69) is 19.6 Å². The molecule has 0 bridgehead atoms. The van der Waals surface area contributed by atoms with Crippen molar-refractivity contribution in [1.29, 1.82) is 0 Å². The van der Waals surface area contributed by atoms with Gasteiger partial charge in [0.25, 0.3) is 10.0 Å². The maximum Gasteiger partial charge on any atom is 0.265 e. The normalized spacial score (nSPS) is 19.2. The van der Waals surface area contributed by atoms with Crippen LogP contribution in [-0.2, 0) is 10.0 Å². The molecule has 2 aromatic carbocycles. The summed E-state index contributed by atoms with van der Waals surface area (Å²) in [6.07, 6.45) is 1.25. The number of ether oxygens (including phenoxy) is 1. The smallest absolute Gasteiger partial charge is 0.265 e. The molecule has 2 N–H and O–H groups in total. The third-order valence-corrected chi connectivity index (χ3v) is 6.96. The molecule has 1 aliphatic rings. The van der Waals surface area contributed by atoms with Gasteiger partial charge in [-0.3, -0.25) is 4.72 Å². The molecular formula is C19H17F3N4O3S2. The quantitative estimate of drug-likeness (QED) is 0.575. The van der Waals surface area contributed by atoms with Crippen LogP contribution in [0.3, 0.4) is 0 Å². The molecule has 2 unspecified atom stereocenters. The van der Waals surface area contributed by atoms with Crippen LogP contribution in [0.1, 0.15) is 17.9 Å². The minimum atomic E-state index is -4.38. The fourth-order valence-corrected chi connectivity index (χ4v) is 5.17. The van der Waals surface area contributed by atoms with Crippen LogP contribution >= 0.6 is 11.5 Å². The summed E-state index contributed by atoms with van der Waals surface area (Å²) in [6, 6.07) is 7.22. The Hall–Kier alpha value is -2.70. The summed E-state index contributed by atoms with van der Waals surface area (Å²) < 4.78 is 78.7. The van der Waals surface area contributed by atoms with Gasteiger partial charge >= 0.3 is 0 Å². The summed E-state index contributed by atoms with van der Waals surface area (Å²) in [5.41, 5.74) is 0.815. The van der Waals surface area contributed by atoms with Crippen molar-refractivity contribution in [1.82, 2.24) is 14.9 Å². The largest absolute Gasteiger partial charge is 0.485 e. The Kier molecular flexibility index (Phi) is 6.12. The van der Waals surface area contributed by atoms with Crippen LogP contribution in [0.5, 0.6) is 5.75 Å². The number of anilines is 1. The van der Waals surface area contributed by atoms with Crippen molar-refractivity contribution in [3.63, 3.8) is 0 Å². The molecule has 1 fully saturated rings. The summed E-state index contributed by atoms with van der Waals surface area (Å²) in [5, 5.41) is 6.68. The molecule has 1 saturated heterocycles. The molecule has 2 heterocycles. The Morgan fingerprint density at radius 1 is 1.13 bits per heavy atom. The van der Waals surface area contributed by atoms with Crippen LogP contribution in [0, 0.1) is 17.5 Å². The van der Waals surface area contributed by atoms with E-state index in [9.17, 15) is 21.6 Å². The Morgan fingerprint density at radius 3 is 2.61 bits per heavy atom. The van der Waals surface area contributed by atoms with Crippen molar-refractivity contribution < 1.29 is 26.3 Å². The van der Waals surface area contributed by atoms with Crippen LogP contribution in [0.25, 0.3) is 0 Å². The lowest BCUT2D eigenvalue weighted by atomic mass is 9.87. The van der Waals surface area contributed by atoms with E-state index in [0.717, 1.165) is 23.3 Å². The summed E-state index contributed by atoms with van der Waals surface area (Å²) >= 11 is 0.757. The van der Waals surface area contributed by atoms with Crippen LogP contribution in [0.2, 0.25) is 0 Å². The maximum absolute atomic E-state index is 14.7. The van der Waals surface area contributed by atoms with Crippen molar-refractivity contribution >= 4 is 26.6 Å². The van der Waals surface area contributed by atoms with Gasteiger partial charge in [0.2, 0.25) is 0 Å². The molecule has 0 saturated carbocycles. The summed E-state index contributed by atoms with van der Waals surface area (Å²) in [5.74, 6) is -3.14. The molecule has 0 amide bonds. The maximum atomic E-state index is 14.7. The lowest BCUT2D eigenvalue weighted by molar-refractivity contribution is 0.136. The van der Waals surface area contributed by atoms with E-state index in [4.69, 9.17) is 4.74 Å².